The van der Waals surface area contributed by atoms with Crippen LogP contribution in [0.15, 0.2) is 35.7 Å². The highest BCUT2D eigenvalue weighted by Crippen LogP contribution is 2.24. The van der Waals surface area contributed by atoms with Crippen LogP contribution in [0.4, 0.5) is 23.1 Å². The van der Waals surface area contributed by atoms with Gasteiger partial charge in [0.25, 0.3) is 0 Å². The second kappa shape index (κ2) is 5.92. The Morgan fingerprint density at radius 3 is 2.43 bits per heavy atom. The van der Waals surface area contributed by atoms with Gasteiger partial charge in [-0.2, -0.15) is 13.2 Å². The maximum Gasteiger partial charge on any atom is 0.471 e. The number of nitrogens with zero attached hydrogens (tertiary/aromatic N) is 1. The summed E-state index contributed by atoms with van der Waals surface area (Å²) in [5, 5.41) is 4.96. The highest BCUT2D eigenvalue weighted by Gasteiger charge is 2.39. The average Bonchev–Trinajstić information content (AvgIpc) is 2.87. The maximum absolute atomic E-state index is 12.0. The van der Waals surface area contributed by atoms with Crippen molar-refractivity contribution < 1.29 is 22.8 Å². The second-order valence-electron chi connectivity index (χ2n) is 3.81. The first kappa shape index (κ1) is 15.0. The average molecular weight is 315 g/mol. The molecule has 2 N–H and O–H groups in total. The van der Waals surface area contributed by atoms with Gasteiger partial charge in [-0.05, 0) is 0 Å². The fourth-order valence-electron chi connectivity index (χ4n) is 1.38. The van der Waals surface area contributed by atoms with E-state index in [1.807, 2.05) is 6.07 Å². The van der Waals surface area contributed by atoms with E-state index in [9.17, 15) is 22.8 Å². The first-order valence-corrected chi connectivity index (χ1v) is 6.44. The third-order valence-corrected chi connectivity index (χ3v) is 3.04. The molecule has 110 valence electrons. The predicted octanol–water partition coefficient (Wildman–Crippen LogP) is 3.02. The van der Waals surface area contributed by atoms with Gasteiger partial charge < -0.3 is 0 Å². The molecule has 1 aromatic carbocycles. The van der Waals surface area contributed by atoms with Crippen LogP contribution < -0.4 is 10.6 Å². The number of carbonyl (C=O) groups is 2. The molecule has 21 heavy (non-hydrogen) atoms. The second-order valence-corrected chi connectivity index (χ2v) is 4.67. The molecule has 0 bridgehead atoms. The number of anilines is 1. The van der Waals surface area contributed by atoms with E-state index in [1.165, 1.54) is 5.32 Å². The zero-order chi connectivity index (χ0) is 15.5. The van der Waals surface area contributed by atoms with Gasteiger partial charge in [0.2, 0.25) is 0 Å². The number of imide groups is 1. The van der Waals surface area contributed by atoms with Crippen molar-refractivity contribution in [2.45, 2.75) is 6.18 Å². The molecule has 2 aromatic rings. The number of halogens is 3. The molecule has 9 heteroatoms. The molecule has 1 aromatic heterocycles. The number of aromatic nitrogens is 1. The molecule has 2 rings (SSSR count). The summed E-state index contributed by atoms with van der Waals surface area (Å²) >= 11 is 1.03. The van der Waals surface area contributed by atoms with Gasteiger partial charge in [0, 0.05) is 10.9 Å². The number of hydrogen-bond donors (Lipinski definition) is 2. The summed E-state index contributed by atoms with van der Waals surface area (Å²) in [5.41, 5.74) is 1.37. The number of amides is 3. The van der Waals surface area contributed by atoms with Crippen LogP contribution in [-0.4, -0.2) is 23.1 Å². The Morgan fingerprint density at radius 2 is 1.81 bits per heavy atom. The zero-order valence-corrected chi connectivity index (χ0v) is 11.1. The number of rotatable bonds is 2. The minimum atomic E-state index is -5.12. The number of benzene rings is 1. The monoisotopic (exact) mass is 315 g/mol. The fraction of sp³-hybridized carbons (Fsp3) is 0.0833. The van der Waals surface area contributed by atoms with Crippen LogP contribution in [-0.2, 0) is 4.79 Å². The number of alkyl halides is 3. The van der Waals surface area contributed by atoms with Gasteiger partial charge in [-0.3, -0.25) is 15.4 Å². The largest absolute Gasteiger partial charge is 0.471 e. The SMILES string of the molecule is O=C(NC(=O)C(F)(F)F)Nc1nc(-c2ccccc2)cs1. The first-order valence-electron chi connectivity index (χ1n) is 5.56. The standard InChI is InChI=1S/C12H8F3N3O2S/c13-12(14,15)9(19)17-10(20)18-11-16-8(6-21-11)7-4-2-1-3-5-7/h1-6H,(H2,16,17,18,19,20). The molecule has 0 saturated heterocycles. The van der Waals surface area contributed by atoms with Crippen molar-refractivity contribution >= 4 is 28.4 Å². The summed E-state index contributed by atoms with van der Waals surface area (Å²) in [6.07, 6.45) is -5.12. The number of hydrogen-bond acceptors (Lipinski definition) is 4. The molecule has 0 aliphatic rings. The minimum Gasteiger partial charge on any atom is -0.283 e. The van der Waals surface area contributed by atoms with Crippen LogP contribution in [0.25, 0.3) is 11.3 Å². The Balaban J connectivity index is 2.00. The van der Waals surface area contributed by atoms with Gasteiger partial charge in [-0.15, -0.1) is 11.3 Å². The fourth-order valence-corrected chi connectivity index (χ4v) is 2.09. The lowest BCUT2D eigenvalue weighted by Crippen LogP contribution is -2.42. The highest BCUT2D eigenvalue weighted by molar-refractivity contribution is 7.14. The third kappa shape index (κ3) is 4.02. The lowest BCUT2D eigenvalue weighted by molar-refractivity contribution is -0.172. The van der Waals surface area contributed by atoms with Gasteiger partial charge in [0.1, 0.15) is 0 Å². The smallest absolute Gasteiger partial charge is 0.283 e. The molecule has 3 amide bonds. The molecular formula is C12H8F3N3O2S. The summed E-state index contributed by atoms with van der Waals surface area (Å²) < 4.78 is 35.9. The Morgan fingerprint density at radius 1 is 1.14 bits per heavy atom. The first-order chi connectivity index (χ1) is 9.86. The van der Waals surface area contributed by atoms with E-state index >= 15 is 0 Å². The highest BCUT2D eigenvalue weighted by atomic mass is 32.1. The van der Waals surface area contributed by atoms with E-state index in [0.717, 1.165) is 16.9 Å². The van der Waals surface area contributed by atoms with E-state index in [4.69, 9.17) is 0 Å². The number of nitrogens with one attached hydrogen (secondary N) is 2. The number of urea groups is 1. The van der Waals surface area contributed by atoms with Crippen LogP contribution in [0.2, 0.25) is 0 Å². The Hall–Kier alpha value is -2.42. The molecule has 1 heterocycles. The van der Waals surface area contributed by atoms with Crippen molar-refractivity contribution in [2.24, 2.45) is 0 Å². The van der Waals surface area contributed by atoms with Crippen molar-refractivity contribution in [1.29, 1.82) is 0 Å². The van der Waals surface area contributed by atoms with Crippen molar-refractivity contribution in [2.75, 3.05) is 5.32 Å². The van der Waals surface area contributed by atoms with E-state index < -0.39 is 18.1 Å². The molecular weight excluding hydrogens is 307 g/mol. The number of carbonyl (C=O) groups excluding carboxylic acids is 2. The summed E-state index contributed by atoms with van der Waals surface area (Å²) in [6.45, 7) is 0. The van der Waals surface area contributed by atoms with E-state index in [0.29, 0.717) is 5.69 Å². The molecule has 0 radical (unpaired) electrons. The molecule has 0 aliphatic carbocycles. The van der Waals surface area contributed by atoms with Crippen LogP contribution in [0.5, 0.6) is 0 Å². The van der Waals surface area contributed by atoms with Crippen molar-refractivity contribution in [3.8, 4) is 11.3 Å². The van der Waals surface area contributed by atoms with Crippen molar-refractivity contribution in [3.05, 3.63) is 35.7 Å². The van der Waals surface area contributed by atoms with Crippen LogP contribution in [0.3, 0.4) is 0 Å². The van der Waals surface area contributed by atoms with Crippen molar-refractivity contribution in [1.82, 2.24) is 10.3 Å². The quantitative estimate of drug-likeness (QED) is 0.895. The molecule has 0 aliphatic heterocycles. The van der Waals surface area contributed by atoms with Gasteiger partial charge in [-0.25, -0.2) is 9.78 Å². The Labute approximate surface area is 120 Å². The topological polar surface area (TPSA) is 71.1 Å². The van der Waals surface area contributed by atoms with E-state index in [2.05, 4.69) is 10.3 Å². The summed E-state index contributed by atoms with van der Waals surface area (Å²) in [6, 6.07) is 7.74. The Kier molecular flexibility index (Phi) is 4.22. The van der Waals surface area contributed by atoms with E-state index in [-0.39, 0.29) is 5.13 Å². The van der Waals surface area contributed by atoms with Gasteiger partial charge in [0.15, 0.2) is 5.13 Å². The molecule has 0 saturated carbocycles. The minimum absolute atomic E-state index is 0.0846. The predicted molar refractivity (Wildman–Crippen MR) is 70.8 cm³/mol. The summed E-state index contributed by atoms with van der Waals surface area (Å²) in [7, 11) is 0. The molecule has 0 fully saturated rings. The van der Waals surface area contributed by atoms with Gasteiger partial charge >= 0.3 is 18.1 Å². The summed E-state index contributed by atoms with van der Waals surface area (Å²) in [5.74, 6) is -2.33. The molecule has 0 spiro atoms. The summed E-state index contributed by atoms with van der Waals surface area (Å²) in [4.78, 5) is 25.9. The van der Waals surface area contributed by atoms with Crippen LogP contribution >= 0.6 is 11.3 Å². The normalized spacial score (nSPS) is 11.0. The van der Waals surface area contributed by atoms with Crippen LogP contribution in [0, 0.1) is 0 Å². The third-order valence-electron chi connectivity index (χ3n) is 2.28. The number of thiazole rings is 1. The maximum atomic E-state index is 12.0. The van der Waals surface area contributed by atoms with Gasteiger partial charge in [0.05, 0.1) is 5.69 Å². The van der Waals surface area contributed by atoms with E-state index in [1.54, 1.807) is 29.6 Å². The van der Waals surface area contributed by atoms with Gasteiger partial charge in [-0.1, -0.05) is 30.3 Å². The van der Waals surface area contributed by atoms with Crippen molar-refractivity contribution in [3.63, 3.8) is 0 Å². The Bertz CT molecular complexity index is 655. The molecule has 0 unspecified atom stereocenters. The lowest BCUT2D eigenvalue weighted by Gasteiger charge is -2.06. The lowest BCUT2D eigenvalue weighted by atomic mass is 10.2. The molecule has 0 atom stereocenters. The van der Waals surface area contributed by atoms with Crippen LogP contribution in [0.1, 0.15) is 0 Å². The molecule has 5 nitrogen and oxygen atoms in total. The zero-order valence-electron chi connectivity index (χ0n) is 10.3.